The highest BCUT2D eigenvalue weighted by Crippen LogP contribution is 2.42. The van der Waals surface area contributed by atoms with Gasteiger partial charge < -0.3 is 10.1 Å². The summed E-state index contributed by atoms with van der Waals surface area (Å²) >= 11 is 0. The molecule has 16 heavy (non-hydrogen) atoms. The first-order valence-electron chi connectivity index (χ1n) is 6.66. The largest absolute Gasteiger partial charge is 0.379 e. The molecule has 0 heterocycles. The predicted octanol–water partition coefficient (Wildman–Crippen LogP) is 3.36. The smallest absolute Gasteiger partial charge is 0.0623 e. The van der Waals surface area contributed by atoms with Crippen molar-refractivity contribution in [3.63, 3.8) is 0 Å². The number of hydrogen-bond acceptors (Lipinski definition) is 2. The molecule has 0 radical (unpaired) electrons. The van der Waals surface area contributed by atoms with Crippen molar-refractivity contribution < 1.29 is 4.74 Å². The van der Waals surface area contributed by atoms with Crippen molar-refractivity contribution in [2.45, 2.75) is 70.9 Å². The topological polar surface area (TPSA) is 21.3 Å². The minimum absolute atomic E-state index is 0.0179. The SMILES string of the molecule is CNC(CCC(C)(C)OC)C1(C)CCCC1. The summed E-state index contributed by atoms with van der Waals surface area (Å²) in [7, 11) is 3.92. The van der Waals surface area contributed by atoms with Gasteiger partial charge in [0, 0.05) is 13.2 Å². The predicted molar refractivity (Wildman–Crippen MR) is 69.7 cm³/mol. The average molecular weight is 227 g/mol. The Hall–Kier alpha value is -0.0800. The van der Waals surface area contributed by atoms with Crippen LogP contribution in [0.1, 0.15) is 59.3 Å². The molecule has 0 bridgehead atoms. The van der Waals surface area contributed by atoms with Crippen LogP contribution in [0.5, 0.6) is 0 Å². The fraction of sp³-hybridized carbons (Fsp3) is 1.00. The minimum atomic E-state index is 0.0179. The van der Waals surface area contributed by atoms with Gasteiger partial charge in [-0.25, -0.2) is 0 Å². The average Bonchev–Trinajstić information content (AvgIpc) is 2.67. The lowest BCUT2D eigenvalue weighted by atomic mass is 9.77. The molecule has 0 aromatic heterocycles. The molecular formula is C14H29NO. The molecule has 0 spiro atoms. The molecule has 1 N–H and O–H groups in total. The molecule has 96 valence electrons. The summed E-state index contributed by atoms with van der Waals surface area (Å²) in [5.74, 6) is 0. The molecule has 1 aliphatic carbocycles. The van der Waals surface area contributed by atoms with Gasteiger partial charge in [0.1, 0.15) is 0 Å². The molecule has 0 aliphatic heterocycles. The molecular weight excluding hydrogens is 198 g/mol. The van der Waals surface area contributed by atoms with E-state index in [2.05, 4.69) is 33.1 Å². The molecule has 0 saturated heterocycles. The summed E-state index contributed by atoms with van der Waals surface area (Å²) in [5, 5.41) is 3.53. The van der Waals surface area contributed by atoms with E-state index in [0.29, 0.717) is 11.5 Å². The van der Waals surface area contributed by atoms with Crippen molar-refractivity contribution in [3.05, 3.63) is 0 Å². The second-order valence-corrected chi connectivity index (χ2v) is 6.20. The molecule has 0 aromatic rings. The Bertz CT molecular complexity index is 207. The van der Waals surface area contributed by atoms with Crippen LogP contribution < -0.4 is 5.32 Å². The fourth-order valence-electron chi connectivity index (χ4n) is 2.97. The van der Waals surface area contributed by atoms with E-state index in [9.17, 15) is 0 Å². The van der Waals surface area contributed by atoms with Crippen LogP contribution in [0.2, 0.25) is 0 Å². The zero-order valence-corrected chi connectivity index (χ0v) is 11.7. The third-order valence-electron chi connectivity index (χ3n) is 4.52. The maximum Gasteiger partial charge on any atom is 0.0623 e. The van der Waals surface area contributed by atoms with Gasteiger partial charge in [0.15, 0.2) is 0 Å². The van der Waals surface area contributed by atoms with Crippen molar-refractivity contribution in [2.24, 2.45) is 5.41 Å². The second kappa shape index (κ2) is 5.50. The molecule has 1 saturated carbocycles. The number of methoxy groups -OCH3 is 1. The van der Waals surface area contributed by atoms with E-state index in [1.807, 2.05) is 7.11 Å². The van der Waals surface area contributed by atoms with Crippen LogP contribution in [-0.4, -0.2) is 25.8 Å². The Labute approximate surface area is 101 Å². The first kappa shape index (κ1) is 14.0. The van der Waals surface area contributed by atoms with Gasteiger partial charge >= 0.3 is 0 Å². The van der Waals surface area contributed by atoms with Crippen LogP contribution in [0.25, 0.3) is 0 Å². The number of rotatable bonds is 6. The van der Waals surface area contributed by atoms with Crippen molar-refractivity contribution >= 4 is 0 Å². The summed E-state index contributed by atoms with van der Waals surface area (Å²) in [6, 6.07) is 0.643. The first-order chi connectivity index (χ1) is 7.43. The van der Waals surface area contributed by atoms with E-state index in [1.165, 1.54) is 32.1 Å². The van der Waals surface area contributed by atoms with Crippen molar-refractivity contribution in [1.82, 2.24) is 5.32 Å². The number of ether oxygens (including phenoxy) is 1. The molecule has 1 aliphatic rings. The highest BCUT2D eigenvalue weighted by molar-refractivity contribution is 4.91. The summed E-state index contributed by atoms with van der Waals surface area (Å²) in [4.78, 5) is 0. The first-order valence-corrected chi connectivity index (χ1v) is 6.66. The highest BCUT2D eigenvalue weighted by atomic mass is 16.5. The zero-order chi connectivity index (χ0) is 12.2. The van der Waals surface area contributed by atoms with Crippen molar-refractivity contribution in [3.8, 4) is 0 Å². The van der Waals surface area contributed by atoms with E-state index in [-0.39, 0.29) is 5.60 Å². The number of hydrogen-bond donors (Lipinski definition) is 1. The lowest BCUT2D eigenvalue weighted by Crippen LogP contribution is -2.41. The van der Waals surface area contributed by atoms with Crippen molar-refractivity contribution in [1.29, 1.82) is 0 Å². The lowest BCUT2D eigenvalue weighted by molar-refractivity contribution is 0.00788. The maximum absolute atomic E-state index is 5.50. The van der Waals surface area contributed by atoms with Gasteiger partial charge in [0.2, 0.25) is 0 Å². The van der Waals surface area contributed by atoms with Gasteiger partial charge in [-0.1, -0.05) is 19.8 Å². The second-order valence-electron chi connectivity index (χ2n) is 6.20. The van der Waals surface area contributed by atoms with Gasteiger partial charge in [-0.05, 0) is 52.0 Å². The molecule has 0 aromatic carbocycles. The Balaban J connectivity index is 2.49. The van der Waals surface area contributed by atoms with Crippen LogP contribution in [0.3, 0.4) is 0 Å². The van der Waals surface area contributed by atoms with E-state index >= 15 is 0 Å². The van der Waals surface area contributed by atoms with Gasteiger partial charge in [-0.15, -0.1) is 0 Å². The molecule has 0 amide bonds. The molecule has 2 heteroatoms. The molecule has 1 unspecified atom stereocenters. The fourth-order valence-corrected chi connectivity index (χ4v) is 2.97. The van der Waals surface area contributed by atoms with Gasteiger partial charge in [-0.2, -0.15) is 0 Å². The Kier molecular flexibility index (Phi) is 4.81. The maximum atomic E-state index is 5.50. The third-order valence-corrected chi connectivity index (χ3v) is 4.52. The molecule has 1 atom stereocenters. The third kappa shape index (κ3) is 3.46. The summed E-state index contributed by atoms with van der Waals surface area (Å²) in [6.45, 7) is 6.80. The molecule has 1 rings (SSSR count). The minimum Gasteiger partial charge on any atom is -0.379 e. The summed E-state index contributed by atoms with van der Waals surface area (Å²) < 4.78 is 5.50. The van der Waals surface area contributed by atoms with E-state index in [1.54, 1.807) is 0 Å². The van der Waals surface area contributed by atoms with E-state index in [0.717, 1.165) is 6.42 Å². The van der Waals surface area contributed by atoms with Gasteiger partial charge in [-0.3, -0.25) is 0 Å². The highest BCUT2D eigenvalue weighted by Gasteiger charge is 2.36. The van der Waals surface area contributed by atoms with Crippen molar-refractivity contribution in [2.75, 3.05) is 14.2 Å². The van der Waals surface area contributed by atoms with Crippen LogP contribution in [0.15, 0.2) is 0 Å². The Morgan fingerprint density at radius 3 is 2.31 bits per heavy atom. The normalized spacial score (nSPS) is 22.3. The quantitative estimate of drug-likeness (QED) is 0.751. The Morgan fingerprint density at radius 1 is 1.31 bits per heavy atom. The Morgan fingerprint density at radius 2 is 1.88 bits per heavy atom. The van der Waals surface area contributed by atoms with Gasteiger partial charge in [0.25, 0.3) is 0 Å². The zero-order valence-electron chi connectivity index (χ0n) is 11.7. The van der Waals surface area contributed by atoms with Crippen LogP contribution in [0.4, 0.5) is 0 Å². The monoisotopic (exact) mass is 227 g/mol. The molecule has 2 nitrogen and oxygen atoms in total. The standard InChI is InChI=1S/C14H29NO/c1-13(2,16-5)11-8-12(15-4)14(3)9-6-7-10-14/h12,15H,6-11H2,1-5H3. The van der Waals surface area contributed by atoms with E-state index in [4.69, 9.17) is 4.74 Å². The van der Waals surface area contributed by atoms with Crippen LogP contribution in [-0.2, 0) is 4.74 Å². The summed E-state index contributed by atoms with van der Waals surface area (Å²) in [5.41, 5.74) is 0.530. The summed E-state index contributed by atoms with van der Waals surface area (Å²) in [6.07, 6.45) is 7.92. The van der Waals surface area contributed by atoms with Gasteiger partial charge in [0.05, 0.1) is 5.60 Å². The number of nitrogens with one attached hydrogen (secondary N) is 1. The van der Waals surface area contributed by atoms with Crippen LogP contribution in [0, 0.1) is 5.41 Å². The lowest BCUT2D eigenvalue weighted by Gasteiger charge is -2.36. The van der Waals surface area contributed by atoms with E-state index < -0.39 is 0 Å². The molecule has 1 fully saturated rings. The van der Waals surface area contributed by atoms with Crippen LogP contribution >= 0.6 is 0 Å².